The molecular formula is C23H28N2O5. The Labute approximate surface area is 176 Å². The van der Waals surface area contributed by atoms with Crippen LogP contribution in [0.3, 0.4) is 0 Å². The first-order chi connectivity index (χ1) is 14.4. The molecule has 1 aliphatic carbocycles. The van der Waals surface area contributed by atoms with Crippen LogP contribution in [0.4, 0.5) is 0 Å². The molecule has 1 aromatic carbocycles. The Morgan fingerprint density at radius 2 is 1.67 bits per heavy atom. The van der Waals surface area contributed by atoms with Gasteiger partial charge in [0.15, 0.2) is 6.61 Å². The number of fused-ring (bicyclic) bond motifs is 1. The Morgan fingerprint density at radius 1 is 1.07 bits per heavy atom. The number of allylic oxidation sites excluding steroid dienone is 2. The molecule has 30 heavy (non-hydrogen) atoms. The molecule has 1 N–H and O–H groups in total. The van der Waals surface area contributed by atoms with Crippen molar-refractivity contribution < 1.29 is 23.9 Å². The largest absolute Gasteiger partial charge is 0.454 e. The minimum Gasteiger partial charge on any atom is -0.454 e. The number of hydrogen-bond acceptors (Lipinski definition) is 5. The molecule has 3 rings (SSSR count). The smallest absolute Gasteiger partial charge is 0.326 e. The van der Waals surface area contributed by atoms with Crippen LogP contribution in [0.2, 0.25) is 0 Å². The third-order valence-corrected chi connectivity index (χ3v) is 5.63. The number of imide groups is 1. The lowest BCUT2D eigenvalue weighted by molar-refractivity contribution is -0.154. The van der Waals surface area contributed by atoms with E-state index in [2.05, 4.69) is 31.3 Å². The second kappa shape index (κ2) is 9.69. The van der Waals surface area contributed by atoms with Crippen LogP contribution in [-0.4, -0.2) is 48.3 Å². The molecule has 0 aromatic heterocycles. The molecule has 0 spiro atoms. The monoisotopic (exact) mass is 412 g/mol. The second-order valence-electron chi connectivity index (χ2n) is 8.08. The zero-order valence-electron chi connectivity index (χ0n) is 17.4. The van der Waals surface area contributed by atoms with E-state index in [-0.39, 0.29) is 23.7 Å². The molecule has 1 aromatic rings. The van der Waals surface area contributed by atoms with Crippen LogP contribution < -0.4 is 5.32 Å². The zero-order valence-corrected chi connectivity index (χ0v) is 17.4. The molecule has 0 unspecified atom stereocenters. The molecule has 160 valence electrons. The first kappa shape index (κ1) is 21.7. The van der Waals surface area contributed by atoms with Crippen LogP contribution in [-0.2, 0) is 30.3 Å². The van der Waals surface area contributed by atoms with Crippen molar-refractivity contribution in [1.29, 1.82) is 0 Å². The molecule has 2 aliphatic rings. The van der Waals surface area contributed by atoms with Gasteiger partial charge in [0, 0.05) is 6.54 Å². The molecule has 1 heterocycles. The summed E-state index contributed by atoms with van der Waals surface area (Å²) in [7, 11) is 0. The third-order valence-electron chi connectivity index (χ3n) is 5.63. The highest BCUT2D eigenvalue weighted by molar-refractivity contribution is 6.07. The van der Waals surface area contributed by atoms with Crippen LogP contribution in [0.5, 0.6) is 0 Å². The van der Waals surface area contributed by atoms with Gasteiger partial charge in [-0.15, -0.1) is 0 Å². The first-order valence-electron chi connectivity index (χ1n) is 10.4. The fraction of sp³-hybridized carbons (Fsp3) is 0.478. The van der Waals surface area contributed by atoms with Gasteiger partial charge in [0.2, 0.25) is 11.8 Å². The first-order valence-corrected chi connectivity index (χ1v) is 10.4. The minimum atomic E-state index is -0.761. The second-order valence-corrected chi connectivity index (χ2v) is 8.08. The number of likely N-dealkylation sites (tertiary alicyclic amines) is 1. The van der Waals surface area contributed by atoms with E-state index in [0.717, 1.165) is 10.5 Å². The van der Waals surface area contributed by atoms with E-state index >= 15 is 0 Å². The van der Waals surface area contributed by atoms with E-state index in [1.807, 2.05) is 24.3 Å². The molecule has 1 fully saturated rings. The van der Waals surface area contributed by atoms with Gasteiger partial charge in [-0.1, -0.05) is 50.3 Å². The van der Waals surface area contributed by atoms with Crippen molar-refractivity contribution in [3.63, 3.8) is 0 Å². The van der Waals surface area contributed by atoms with Crippen LogP contribution in [0.15, 0.2) is 36.4 Å². The highest BCUT2D eigenvalue weighted by atomic mass is 16.5. The maximum Gasteiger partial charge on any atom is 0.326 e. The third kappa shape index (κ3) is 5.14. The Balaban J connectivity index is 1.37. The normalized spacial score (nSPS) is 20.4. The van der Waals surface area contributed by atoms with Gasteiger partial charge in [-0.3, -0.25) is 24.1 Å². The number of rotatable bonds is 8. The lowest BCUT2D eigenvalue weighted by atomic mass is 9.85. The highest BCUT2D eigenvalue weighted by Crippen LogP contribution is 2.34. The van der Waals surface area contributed by atoms with Gasteiger partial charge in [-0.25, -0.2) is 0 Å². The maximum absolute atomic E-state index is 12.3. The van der Waals surface area contributed by atoms with Crippen molar-refractivity contribution in [2.24, 2.45) is 11.8 Å². The average Bonchev–Trinajstić information content (AvgIpc) is 2.98. The summed E-state index contributed by atoms with van der Waals surface area (Å²) in [5, 5.41) is 2.70. The number of hydrogen-bond donors (Lipinski definition) is 1. The minimum absolute atomic E-state index is 0.334. The molecule has 0 bridgehead atoms. The Kier molecular flexibility index (Phi) is 7.03. The lowest BCUT2D eigenvalue weighted by Gasteiger charge is -2.14. The van der Waals surface area contributed by atoms with Crippen LogP contribution in [0.1, 0.15) is 43.7 Å². The van der Waals surface area contributed by atoms with Gasteiger partial charge in [0.25, 0.3) is 5.91 Å². The van der Waals surface area contributed by atoms with Crippen molar-refractivity contribution >= 4 is 23.7 Å². The van der Waals surface area contributed by atoms with Gasteiger partial charge in [-0.05, 0) is 36.3 Å². The molecule has 1 saturated heterocycles. The van der Waals surface area contributed by atoms with E-state index in [0.29, 0.717) is 31.7 Å². The molecule has 0 radical (unpaired) electrons. The predicted molar refractivity (Wildman–Crippen MR) is 110 cm³/mol. The van der Waals surface area contributed by atoms with Crippen molar-refractivity contribution in [1.82, 2.24) is 10.2 Å². The summed E-state index contributed by atoms with van der Waals surface area (Å²) in [6, 6.07) is 8.24. The van der Waals surface area contributed by atoms with Crippen molar-refractivity contribution in [3.8, 4) is 0 Å². The molecule has 3 amide bonds. The predicted octanol–water partition coefficient (Wildman–Crippen LogP) is 1.96. The zero-order chi connectivity index (χ0) is 21.7. The molecule has 1 aliphatic heterocycles. The van der Waals surface area contributed by atoms with Gasteiger partial charge in [-0.2, -0.15) is 0 Å². The van der Waals surface area contributed by atoms with Crippen molar-refractivity contribution in [2.45, 2.75) is 39.0 Å². The van der Waals surface area contributed by atoms with Crippen molar-refractivity contribution in [2.75, 3.05) is 19.7 Å². The number of carbonyl (C=O) groups excluding carboxylic acids is 4. The number of benzene rings is 1. The summed E-state index contributed by atoms with van der Waals surface area (Å²) in [6.07, 6.45) is 5.48. The number of nitrogens with one attached hydrogen (secondary N) is 1. The van der Waals surface area contributed by atoms with Crippen LogP contribution >= 0.6 is 0 Å². The van der Waals surface area contributed by atoms with E-state index in [1.54, 1.807) is 0 Å². The molecule has 2 atom stereocenters. The summed E-state index contributed by atoms with van der Waals surface area (Å²) in [4.78, 5) is 49.6. The van der Waals surface area contributed by atoms with Crippen LogP contribution in [0, 0.1) is 11.8 Å². The lowest BCUT2D eigenvalue weighted by Crippen LogP contribution is -2.38. The average molecular weight is 412 g/mol. The fourth-order valence-electron chi connectivity index (χ4n) is 3.81. The molecule has 7 heteroatoms. The van der Waals surface area contributed by atoms with Gasteiger partial charge in [0.05, 0.1) is 11.8 Å². The molecule has 0 saturated carbocycles. The Hall–Kier alpha value is -2.96. The van der Waals surface area contributed by atoms with E-state index in [9.17, 15) is 19.2 Å². The van der Waals surface area contributed by atoms with E-state index in [4.69, 9.17) is 4.74 Å². The standard InChI is InChI=1S/C23H28N2O5/c1-15(2)17-9-7-16(8-10-17)11-12-24-20(26)14-30-21(27)13-25-22(28)18-5-3-4-6-19(18)23(25)29/h3-4,7-10,15,18-19H,5-6,11-14H2,1-2H3,(H,24,26)/t18-,19-/m0/s1. The number of amides is 3. The number of nitrogens with zero attached hydrogens (tertiary/aromatic N) is 1. The Morgan fingerprint density at radius 3 is 2.23 bits per heavy atom. The van der Waals surface area contributed by atoms with E-state index < -0.39 is 25.0 Å². The Bertz CT molecular complexity index is 818. The fourth-order valence-corrected chi connectivity index (χ4v) is 3.81. The topological polar surface area (TPSA) is 92.8 Å². The van der Waals surface area contributed by atoms with Gasteiger partial charge in [0.1, 0.15) is 6.54 Å². The van der Waals surface area contributed by atoms with Gasteiger partial charge >= 0.3 is 5.97 Å². The summed E-state index contributed by atoms with van der Waals surface area (Å²) in [5.74, 6) is -2.14. The number of esters is 1. The quantitative estimate of drug-likeness (QED) is 0.400. The highest BCUT2D eigenvalue weighted by Gasteiger charge is 2.47. The summed E-state index contributed by atoms with van der Waals surface area (Å²) in [5.41, 5.74) is 2.37. The molecular weight excluding hydrogens is 384 g/mol. The number of carbonyl (C=O) groups is 4. The van der Waals surface area contributed by atoms with Crippen LogP contribution in [0.25, 0.3) is 0 Å². The summed E-state index contributed by atoms with van der Waals surface area (Å²) >= 11 is 0. The van der Waals surface area contributed by atoms with Crippen molar-refractivity contribution in [3.05, 3.63) is 47.5 Å². The number of ether oxygens (including phenoxy) is 1. The van der Waals surface area contributed by atoms with Gasteiger partial charge < -0.3 is 10.1 Å². The summed E-state index contributed by atoms with van der Waals surface area (Å²) in [6.45, 7) is 3.82. The SMILES string of the molecule is CC(C)c1ccc(CCNC(=O)COC(=O)CN2C(=O)[C@H]3CC=CC[C@@H]3C2=O)cc1. The summed E-state index contributed by atoms with van der Waals surface area (Å²) < 4.78 is 4.95. The molecule has 7 nitrogen and oxygen atoms in total. The van der Waals surface area contributed by atoms with E-state index in [1.165, 1.54) is 5.56 Å². The maximum atomic E-state index is 12.3.